The highest BCUT2D eigenvalue weighted by Crippen LogP contribution is 2.36. The molecule has 5 rings (SSSR count). The van der Waals surface area contributed by atoms with Crippen molar-refractivity contribution in [3.63, 3.8) is 0 Å². The Labute approximate surface area is 193 Å². The molecule has 0 aliphatic carbocycles. The number of nitrogens with zero attached hydrogens (tertiary/aromatic N) is 4. The zero-order valence-electron chi connectivity index (χ0n) is 18.0. The number of hydrogen-bond acceptors (Lipinski definition) is 7. The Morgan fingerprint density at radius 3 is 2.65 bits per heavy atom. The van der Waals surface area contributed by atoms with E-state index < -0.39 is 4.92 Å². The van der Waals surface area contributed by atoms with Crippen LogP contribution in [0.3, 0.4) is 0 Å². The predicted octanol–water partition coefficient (Wildman–Crippen LogP) is 5.63. The summed E-state index contributed by atoms with van der Waals surface area (Å²) in [4.78, 5) is 19.8. The van der Waals surface area contributed by atoms with Gasteiger partial charge in [-0.15, -0.1) is 0 Å². The van der Waals surface area contributed by atoms with E-state index >= 15 is 0 Å². The molecule has 5 aromatic rings. The average molecular weight is 454 g/mol. The fourth-order valence-electron chi connectivity index (χ4n) is 3.57. The molecule has 3 heterocycles. The Balaban J connectivity index is 1.51. The molecule has 9 heteroatoms. The zero-order chi connectivity index (χ0) is 23.7. The molecule has 0 aliphatic rings. The van der Waals surface area contributed by atoms with E-state index in [-0.39, 0.29) is 11.4 Å². The third kappa shape index (κ3) is 3.86. The fourth-order valence-corrected chi connectivity index (χ4v) is 3.57. The van der Waals surface area contributed by atoms with Crippen molar-refractivity contribution in [2.45, 2.75) is 0 Å². The largest absolute Gasteiger partial charge is 0.504 e. The highest BCUT2D eigenvalue weighted by molar-refractivity contribution is 5.84. The number of aromatic nitrogens is 2. The Hall–Kier alpha value is -4.92. The van der Waals surface area contributed by atoms with E-state index in [0.29, 0.717) is 34.4 Å². The van der Waals surface area contributed by atoms with Crippen LogP contribution < -0.4 is 4.74 Å². The van der Waals surface area contributed by atoms with Crippen LogP contribution >= 0.6 is 0 Å². The van der Waals surface area contributed by atoms with E-state index in [1.54, 1.807) is 48.7 Å². The molecule has 168 valence electrons. The van der Waals surface area contributed by atoms with Gasteiger partial charge in [0.25, 0.3) is 5.69 Å². The van der Waals surface area contributed by atoms with Crippen LogP contribution in [0, 0.1) is 10.1 Å². The van der Waals surface area contributed by atoms with Crippen LogP contribution in [0.25, 0.3) is 28.2 Å². The Morgan fingerprint density at radius 2 is 1.88 bits per heavy atom. The fraction of sp³-hybridized carbons (Fsp3) is 0.0400. The molecule has 3 aromatic heterocycles. The number of aliphatic imine (C=N–C) groups is 1. The summed E-state index contributed by atoms with van der Waals surface area (Å²) in [5.74, 6) is 2.03. The molecule has 9 nitrogen and oxygen atoms in total. The van der Waals surface area contributed by atoms with Gasteiger partial charge in [-0.25, -0.2) is 9.98 Å². The standard InChI is InChI=1S/C25H18N4O5/c1-33-22-14-17(7-11-20(22)30)24-25(28-13-3-2-4-23(28)27-24)26-15-19-10-12-21(34-19)16-5-8-18(9-6-16)29(31)32/h2-15,30H,1H3. The van der Waals surface area contributed by atoms with Crippen molar-refractivity contribution in [3.05, 3.63) is 94.9 Å². The van der Waals surface area contributed by atoms with Crippen molar-refractivity contribution in [2.75, 3.05) is 7.11 Å². The molecule has 34 heavy (non-hydrogen) atoms. The minimum Gasteiger partial charge on any atom is -0.504 e. The number of phenolic OH excluding ortho intramolecular Hbond substituents is 1. The summed E-state index contributed by atoms with van der Waals surface area (Å²) in [5, 5.41) is 20.8. The van der Waals surface area contributed by atoms with E-state index in [0.717, 1.165) is 11.1 Å². The van der Waals surface area contributed by atoms with Crippen LogP contribution in [0.1, 0.15) is 5.76 Å². The Bertz CT molecular complexity index is 1530. The number of benzene rings is 2. The van der Waals surface area contributed by atoms with Crippen LogP contribution in [0.4, 0.5) is 11.5 Å². The highest BCUT2D eigenvalue weighted by Gasteiger charge is 2.15. The lowest BCUT2D eigenvalue weighted by molar-refractivity contribution is -0.384. The number of furan rings is 1. The van der Waals surface area contributed by atoms with Gasteiger partial charge in [0, 0.05) is 29.5 Å². The molecule has 0 atom stereocenters. The van der Waals surface area contributed by atoms with Gasteiger partial charge in [0.15, 0.2) is 17.3 Å². The van der Waals surface area contributed by atoms with Gasteiger partial charge in [0.2, 0.25) is 0 Å². The highest BCUT2D eigenvalue weighted by atomic mass is 16.6. The van der Waals surface area contributed by atoms with Crippen LogP contribution in [0.15, 0.2) is 88.4 Å². The number of nitro groups is 1. The van der Waals surface area contributed by atoms with Gasteiger partial charge in [0.05, 0.1) is 18.2 Å². The number of non-ortho nitro benzene ring substituents is 1. The molecular formula is C25H18N4O5. The van der Waals surface area contributed by atoms with Crippen molar-refractivity contribution in [1.82, 2.24) is 9.38 Å². The summed E-state index contributed by atoms with van der Waals surface area (Å²) in [5.41, 5.74) is 2.79. The number of ether oxygens (including phenoxy) is 1. The Morgan fingerprint density at radius 1 is 1.09 bits per heavy atom. The lowest BCUT2D eigenvalue weighted by atomic mass is 10.1. The number of rotatable bonds is 6. The van der Waals surface area contributed by atoms with E-state index in [9.17, 15) is 15.2 Å². The van der Waals surface area contributed by atoms with Crippen LogP contribution in [-0.2, 0) is 0 Å². The monoisotopic (exact) mass is 454 g/mol. The minimum absolute atomic E-state index is 0.0168. The third-order valence-corrected chi connectivity index (χ3v) is 5.26. The molecule has 0 spiro atoms. The smallest absolute Gasteiger partial charge is 0.269 e. The second-order valence-corrected chi connectivity index (χ2v) is 7.36. The number of fused-ring (bicyclic) bond motifs is 1. The molecule has 0 aliphatic heterocycles. The number of imidazole rings is 1. The summed E-state index contributed by atoms with van der Waals surface area (Å²) in [7, 11) is 1.49. The number of aromatic hydroxyl groups is 1. The first kappa shape index (κ1) is 21.0. The maximum absolute atomic E-state index is 10.9. The second-order valence-electron chi connectivity index (χ2n) is 7.36. The topological polar surface area (TPSA) is 115 Å². The third-order valence-electron chi connectivity index (χ3n) is 5.26. The number of hydrogen-bond donors (Lipinski definition) is 1. The first-order valence-electron chi connectivity index (χ1n) is 10.3. The van der Waals surface area contributed by atoms with Crippen LogP contribution in [0.2, 0.25) is 0 Å². The summed E-state index contributed by atoms with van der Waals surface area (Å²) >= 11 is 0. The van der Waals surface area contributed by atoms with Gasteiger partial charge in [0.1, 0.15) is 22.9 Å². The first-order valence-corrected chi connectivity index (χ1v) is 10.3. The van der Waals surface area contributed by atoms with Crippen LogP contribution in [0.5, 0.6) is 11.5 Å². The van der Waals surface area contributed by atoms with E-state index in [1.165, 1.54) is 19.2 Å². The van der Waals surface area contributed by atoms with Gasteiger partial charge in [-0.05, 0) is 54.6 Å². The molecule has 0 unspecified atom stereocenters. The van der Waals surface area contributed by atoms with Gasteiger partial charge in [-0.2, -0.15) is 0 Å². The molecule has 0 fully saturated rings. The molecule has 2 aromatic carbocycles. The maximum Gasteiger partial charge on any atom is 0.269 e. The normalized spacial score (nSPS) is 11.3. The molecule has 0 amide bonds. The number of phenols is 1. The summed E-state index contributed by atoms with van der Waals surface area (Å²) in [6.07, 6.45) is 3.45. The van der Waals surface area contributed by atoms with Crippen molar-refractivity contribution < 1.29 is 19.2 Å². The quantitative estimate of drug-likeness (QED) is 0.202. The predicted molar refractivity (Wildman–Crippen MR) is 127 cm³/mol. The van der Waals surface area contributed by atoms with E-state index in [4.69, 9.17) is 14.1 Å². The molecular weight excluding hydrogens is 436 g/mol. The van der Waals surface area contributed by atoms with Crippen molar-refractivity contribution >= 4 is 23.4 Å². The van der Waals surface area contributed by atoms with Crippen LogP contribution in [-0.4, -0.2) is 32.7 Å². The van der Waals surface area contributed by atoms with E-state index in [2.05, 4.69) is 4.99 Å². The summed E-state index contributed by atoms with van der Waals surface area (Å²) < 4.78 is 13.0. The summed E-state index contributed by atoms with van der Waals surface area (Å²) in [6, 6.07) is 20.3. The van der Waals surface area contributed by atoms with Gasteiger partial charge >= 0.3 is 0 Å². The number of methoxy groups -OCH3 is 1. The minimum atomic E-state index is -0.443. The first-order chi connectivity index (χ1) is 16.5. The molecule has 0 bridgehead atoms. The van der Waals surface area contributed by atoms with Crippen molar-refractivity contribution in [1.29, 1.82) is 0 Å². The van der Waals surface area contributed by atoms with Gasteiger partial charge in [-0.3, -0.25) is 14.5 Å². The SMILES string of the molecule is COc1cc(-c2nc3ccccn3c2N=Cc2ccc(-c3ccc([N+](=O)[O-])cc3)o2)ccc1O. The van der Waals surface area contributed by atoms with Crippen molar-refractivity contribution in [3.8, 4) is 34.1 Å². The van der Waals surface area contributed by atoms with Gasteiger partial charge < -0.3 is 14.3 Å². The van der Waals surface area contributed by atoms with E-state index in [1.807, 2.05) is 28.8 Å². The zero-order valence-corrected chi connectivity index (χ0v) is 18.0. The van der Waals surface area contributed by atoms with Crippen molar-refractivity contribution in [2.24, 2.45) is 4.99 Å². The Kier molecular flexibility index (Phi) is 5.27. The maximum atomic E-state index is 10.9. The lowest BCUT2D eigenvalue weighted by Gasteiger charge is -2.05. The molecule has 0 saturated heterocycles. The lowest BCUT2D eigenvalue weighted by Crippen LogP contribution is -1.87. The molecule has 0 radical (unpaired) electrons. The molecule has 0 saturated carbocycles. The number of pyridine rings is 1. The average Bonchev–Trinajstić information content (AvgIpc) is 3.48. The number of nitro benzene ring substituents is 1. The summed E-state index contributed by atoms with van der Waals surface area (Å²) in [6.45, 7) is 0. The molecule has 1 N–H and O–H groups in total. The second kappa shape index (κ2) is 8.55. The van der Waals surface area contributed by atoms with Gasteiger partial charge in [-0.1, -0.05) is 6.07 Å².